The number of carbonyl (C=O) groups is 2. The van der Waals surface area contributed by atoms with Crippen molar-refractivity contribution in [2.45, 2.75) is 64.1 Å². The molecule has 0 aromatic rings. The summed E-state index contributed by atoms with van der Waals surface area (Å²) < 4.78 is 0. The third-order valence-corrected chi connectivity index (χ3v) is 4.79. The number of urea groups is 1. The number of carbonyl (C=O) groups excluding carboxylic acids is 1. The average molecular weight is 294 g/mol. The van der Waals surface area contributed by atoms with E-state index < -0.39 is 12.0 Å². The van der Waals surface area contributed by atoms with Crippen molar-refractivity contribution < 1.29 is 14.7 Å². The van der Waals surface area contributed by atoms with Gasteiger partial charge in [-0.2, -0.15) is 0 Å². The lowest BCUT2D eigenvalue weighted by atomic mass is 9.85. The predicted octanol–water partition coefficient (Wildman–Crippen LogP) is 2.72. The maximum Gasteiger partial charge on any atom is 0.326 e. The molecule has 0 aromatic heterocycles. The maximum atomic E-state index is 12.9. The van der Waals surface area contributed by atoms with Gasteiger partial charge in [0, 0.05) is 18.6 Å². The fraction of sp³-hybridized carbons (Fsp3) is 0.750. The quantitative estimate of drug-likeness (QED) is 0.811. The van der Waals surface area contributed by atoms with Gasteiger partial charge in [0.2, 0.25) is 0 Å². The molecule has 1 heterocycles. The Morgan fingerprint density at radius 3 is 2.62 bits per heavy atom. The van der Waals surface area contributed by atoms with Gasteiger partial charge >= 0.3 is 12.0 Å². The fourth-order valence-electron chi connectivity index (χ4n) is 3.75. The average Bonchev–Trinajstić information content (AvgIpc) is 2.83. The van der Waals surface area contributed by atoms with E-state index in [1.165, 1.54) is 0 Å². The molecule has 118 valence electrons. The standard InChI is InChI=1S/C16H26N2O3/c1-4-9-17(11(2)3)16(21)18-13-8-6-5-7-12(13)10-14(18)15(19)20/h4,11-14H,1,5-10H2,2-3H3,(H,19,20). The number of hydrogen-bond donors (Lipinski definition) is 1. The normalized spacial score (nSPS) is 28.3. The molecule has 2 amide bonds. The number of rotatable bonds is 4. The summed E-state index contributed by atoms with van der Waals surface area (Å²) in [6.07, 6.45) is 6.51. The molecule has 0 spiro atoms. The number of carboxylic acid groups (broad SMARTS) is 1. The minimum absolute atomic E-state index is 0.0348. The van der Waals surface area contributed by atoms with Crippen LogP contribution in [0.15, 0.2) is 12.7 Å². The molecular formula is C16H26N2O3. The van der Waals surface area contributed by atoms with Crippen molar-refractivity contribution in [1.29, 1.82) is 0 Å². The second-order valence-electron chi connectivity index (χ2n) is 6.43. The Kier molecular flexibility index (Phi) is 4.91. The molecule has 1 aliphatic carbocycles. The molecule has 1 N–H and O–H groups in total. The van der Waals surface area contributed by atoms with Crippen LogP contribution < -0.4 is 0 Å². The SMILES string of the molecule is C=CCN(C(=O)N1C(C(=O)O)CC2CCCCC21)C(C)C. The van der Waals surface area contributed by atoms with Gasteiger partial charge in [-0.1, -0.05) is 18.9 Å². The minimum Gasteiger partial charge on any atom is -0.480 e. The largest absolute Gasteiger partial charge is 0.480 e. The van der Waals surface area contributed by atoms with Crippen LogP contribution in [0.2, 0.25) is 0 Å². The van der Waals surface area contributed by atoms with Gasteiger partial charge in [0.1, 0.15) is 6.04 Å². The van der Waals surface area contributed by atoms with Gasteiger partial charge < -0.3 is 14.9 Å². The van der Waals surface area contributed by atoms with Crippen molar-refractivity contribution in [3.63, 3.8) is 0 Å². The molecule has 1 aliphatic heterocycles. The zero-order chi connectivity index (χ0) is 15.6. The molecule has 1 saturated carbocycles. The number of fused-ring (bicyclic) bond motifs is 1. The van der Waals surface area contributed by atoms with E-state index in [1.54, 1.807) is 15.9 Å². The van der Waals surface area contributed by atoms with E-state index in [-0.39, 0.29) is 18.1 Å². The lowest BCUT2D eigenvalue weighted by Gasteiger charge is -2.37. The van der Waals surface area contributed by atoms with Crippen LogP contribution >= 0.6 is 0 Å². The molecule has 2 rings (SSSR count). The van der Waals surface area contributed by atoms with Gasteiger partial charge in [-0.15, -0.1) is 6.58 Å². The Morgan fingerprint density at radius 2 is 2.05 bits per heavy atom. The fourth-order valence-corrected chi connectivity index (χ4v) is 3.75. The Hall–Kier alpha value is -1.52. The topological polar surface area (TPSA) is 60.9 Å². The summed E-state index contributed by atoms with van der Waals surface area (Å²) in [4.78, 5) is 27.8. The molecule has 0 aromatic carbocycles. The number of hydrogen-bond acceptors (Lipinski definition) is 2. The predicted molar refractivity (Wildman–Crippen MR) is 81.1 cm³/mol. The smallest absolute Gasteiger partial charge is 0.326 e. The Bertz CT molecular complexity index is 422. The van der Waals surface area contributed by atoms with Gasteiger partial charge in [0.25, 0.3) is 0 Å². The number of likely N-dealkylation sites (tertiary alicyclic amines) is 1. The maximum absolute atomic E-state index is 12.9. The highest BCUT2D eigenvalue weighted by Crippen LogP contribution is 2.40. The summed E-state index contributed by atoms with van der Waals surface area (Å²) in [5.74, 6) is -0.526. The van der Waals surface area contributed by atoms with E-state index >= 15 is 0 Å². The van der Waals surface area contributed by atoms with E-state index in [1.807, 2.05) is 13.8 Å². The van der Waals surface area contributed by atoms with Crippen molar-refractivity contribution in [2.75, 3.05) is 6.54 Å². The Balaban J connectivity index is 2.25. The van der Waals surface area contributed by atoms with Crippen LogP contribution in [0, 0.1) is 5.92 Å². The summed E-state index contributed by atoms with van der Waals surface area (Å²) >= 11 is 0. The number of nitrogens with zero attached hydrogens (tertiary/aromatic N) is 2. The summed E-state index contributed by atoms with van der Waals surface area (Å²) in [5, 5.41) is 9.50. The minimum atomic E-state index is -0.875. The Labute approximate surface area is 126 Å². The molecule has 0 radical (unpaired) electrons. The van der Waals surface area contributed by atoms with Crippen LogP contribution in [-0.2, 0) is 4.79 Å². The first kappa shape index (κ1) is 15.9. The molecule has 0 bridgehead atoms. The third-order valence-electron chi connectivity index (χ3n) is 4.79. The summed E-state index contributed by atoms with van der Waals surface area (Å²) in [7, 11) is 0. The van der Waals surface area contributed by atoms with Crippen LogP contribution in [-0.4, -0.2) is 51.6 Å². The van der Waals surface area contributed by atoms with Gasteiger partial charge in [0.15, 0.2) is 0 Å². The lowest BCUT2D eigenvalue weighted by Crippen LogP contribution is -2.53. The van der Waals surface area contributed by atoms with E-state index in [2.05, 4.69) is 6.58 Å². The third kappa shape index (κ3) is 3.06. The summed E-state index contributed by atoms with van der Waals surface area (Å²) in [5.41, 5.74) is 0. The van der Waals surface area contributed by atoms with Crippen molar-refractivity contribution in [3.8, 4) is 0 Å². The van der Waals surface area contributed by atoms with Crippen LogP contribution in [0.5, 0.6) is 0 Å². The lowest BCUT2D eigenvalue weighted by molar-refractivity contribution is -0.141. The zero-order valence-corrected chi connectivity index (χ0v) is 13.0. The number of carboxylic acids is 1. The molecule has 5 nitrogen and oxygen atoms in total. The first-order valence-electron chi connectivity index (χ1n) is 7.90. The first-order chi connectivity index (χ1) is 9.97. The van der Waals surface area contributed by atoms with Crippen LogP contribution in [0.25, 0.3) is 0 Å². The summed E-state index contributed by atoms with van der Waals surface area (Å²) in [6.45, 7) is 8.05. The van der Waals surface area contributed by atoms with Gasteiger partial charge in [-0.3, -0.25) is 0 Å². The molecule has 5 heteroatoms. The Morgan fingerprint density at radius 1 is 1.38 bits per heavy atom. The van der Waals surface area contributed by atoms with Crippen molar-refractivity contribution in [3.05, 3.63) is 12.7 Å². The summed E-state index contributed by atoms with van der Waals surface area (Å²) in [6, 6.07) is -0.686. The van der Waals surface area contributed by atoms with Gasteiger partial charge in [-0.05, 0) is 39.0 Å². The van der Waals surface area contributed by atoms with Crippen molar-refractivity contribution >= 4 is 12.0 Å². The second-order valence-corrected chi connectivity index (χ2v) is 6.43. The zero-order valence-electron chi connectivity index (χ0n) is 13.0. The van der Waals surface area contributed by atoms with E-state index in [0.717, 1.165) is 25.7 Å². The van der Waals surface area contributed by atoms with Gasteiger partial charge in [0.05, 0.1) is 0 Å². The first-order valence-corrected chi connectivity index (χ1v) is 7.90. The van der Waals surface area contributed by atoms with Crippen LogP contribution in [0.3, 0.4) is 0 Å². The molecule has 21 heavy (non-hydrogen) atoms. The highest BCUT2D eigenvalue weighted by molar-refractivity contribution is 5.84. The second kappa shape index (κ2) is 6.50. The van der Waals surface area contributed by atoms with E-state index in [9.17, 15) is 14.7 Å². The van der Waals surface area contributed by atoms with Gasteiger partial charge in [-0.25, -0.2) is 9.59 Å². The molecule has 3 atom stereocenters. The number of amides is 2. The molecular weight excluding hydrogens is 268 g/mol. The highest BCUT2D eigenvalue weighted by Gasteiger charge is 2.48. The monoisotopic (exact) mass is 294 g/mol. The van der Waals surface area contributed by atoms with Crippen LogP contribution in [0.4, 0.5) is 4.79 Å². The van der Waals surface area contributed by atoms with Crippen molar-refractivity contribution in [2.24, 2.45) is 5.92 Å². The van der Waals surface area contributed by atoms with E-state index in [4.69, 9.17) is 0 Å². The van der Waals surface area contributed by atoms with E-state index in [0.29, 0.717) is 18.9 Å². The molecule has 3 unspecified atom stereocenters. The molecule has 2 aliphatic rings. The molecule has 2 fully saturated rings. The van der Waals surface area contributed by atoms with Crippen molar-refractivity contribution in [1.82, 2.24) is 9.80 Å². The molecule has 1 saturated heterocycles. The van der Waals surface area contributed by atoms with Crippen LogP contribution in [0.1, 0.15) is 46.0 Å². The number of aliphatic carboxylic acids is 1. The highest BCUT2D eigenvalue weighted by atomic mass is 16.4.